The number of nitrogens with zero attached hydrogens (tertiary/aromatic N) is 1. The van der Waals surface area contributed by atoms with E-state index in [1.807, 2.05) is 36.4 Å². The van der Waals surface area contributed by atoms with E-state index in [-0.39, 0.29) is 18.3 Å². The predicted octanol–water partition coefficient (Wildman–Crippen LogP) is 1.45. The van der Waals surface area contributed by atoms with Crippen molar-refractivity contribution in [1.29, 1.82) is 5.26 Å². The summed E-state index contributed by atoms with van der Waals surface area (Å²) >= 11 is 5.98. The number of hydrogen-bond acceptors (Lipinski definition) is 2. The molecule has 0 spiro atoms. The van der Waals surface area contributed by atoms with Crippen LogP contribution in [0.15, 0.2) is 66.7 Å². The van der Waals surface area contributed by atoms with Gasteiger partial charge in [-0.2, -0.15) is 5.26 Å². The Morgan fingerprint density at radius 2 is 1.68 bits per heavy atom. The smallest absolute Gasteiger partial charge is 0.100 e. The number of nitriles is 1. The number of aliphatic hydroxyl groups is 1. The average Bonchev–Trinajstić information content (AvgIpc) is 2.78. The van der Waals surface area contributed by atoms with Gasteiger partial charge < -0.3 is 22.4 Å². The molecule has 31 heavy (non-hydrogen) atoms. The molecular formula is C26H28Cl2N2O. The first-order chi connectivity index (χ1) is 14.6. The van der Waals surface area contributed by atoms with Crippen molar-refractivity contribution in [3.63, 3.8) is 0 Å². The molecule has 0 bridgehead atoms. The van der Waals surface area contributed by atoms with E-state index >= 15 is 0 Å². The van der Waals surface area contributed by atoms with Gasteiger partial charge in [0.05, 0.1) is 31.6 Å². The lowest BCUT2D eigenvalue weighted by atomic mass is 9.84. The highest BCUT2D eigenvalue weighted by Gasteiger charge is 2.36. The number of piperidine rings is 1. The maximum absolute atomic E-state index is 11.0. The molecule has 3 aromatic rings. The fourth-order valence-electron chi connectivity index (χ4n) is 4.60. The number of hydrogen-bond donors (Lipinski definition) is 2. The van der Waals surface area contributed by atoms with Gasteiger partial charge >= 0.3 is 0 Å². The summed E-state index contributed by atoms with van der Waals surface area (Å²) in [5.41, 5.74) is 1.34. The zero-order valence-corrected chi connectivity index (χ0v) is 19.0. The number of nitrogens with one attached hydrogen (secondary N) is 1. The Bertz CT molecular complexity index is 1040. The first-order valence-electron chi connectivity index (χ1n) is 10.8. The Kier molecular flexibility index (Phi) is 7.97. The molecule has 1 aliphatic rings. The lowest BCUT2D eigenvalue weighted by Crippen LogP contribution is -3.13. The van der Waals surface area contributed by atoms with E-state index in [1.54, 1.807) is 0 Å². The van der Waals surface area contributed by atoms with E-state index in [9.17, 15) is 10.4 Å². The van der Waals surface area contributed by atoms with E-state index in [4.69, 9.17) is 11.6 Å². The van der Waals surface area contributed by atoms with Crippen molar-refractivity contribution in [2.24, 2.45) is 0 Å². The van der Waals surface area contributed by atoms with Gasteiger partial charge in [-0.15, -0.1) is 0 Å². The minimum absolute atomic E-state index is 0. The molecule has 162 valence electrons. The summed E-state index contributed by atoms with van der Waals surface area (Å²) in [6.45, 7) is 2.95. The standard InChI is InChI=1S/C26H27ClN2O.ClH/c27-25-11-9-24(10-12-25)26(30)13-16-29(17-14-26)15-3-6-23(19-28)22-8-7-20-4-1-2-5-21(20)18-22;/h1-2,4-5,7-12,18,23,30H,3,6,13-17H2;1H. The average molecular weight is 455 g/mol. The van der Waals surface area contributed by atoms with Gasteiger partial charge in [-0.1, -0.05) is 60.1 Å². The summed E-state index contributed by atoms with van der Waals surface area (Å²) in [5, 5.41) is 23.8. The minimum atomic E-state index is -0.742. The van der Waals surface area contributed by atoms with Crippen molar-refractivity contribution in [3.8, 4) is 6.07 Å². The van der Waals surface area contributed by atoms with Crippen molar-refractivity contribution >= 4 is 22.4 Å². The molecule has 3 nitrogen and oxygen atoms in total. The van der Waals surface area contributed by atoms with Gasteiger partial charge in [0.25, 0.3) is 0 Å². The Morgan fingerprint density at radius 3 is 2.35 bits per heavy atom. The van der Waals surface area contributed by atoms with Crippen LogP contribution >= 0.6 is 11.6 Å². The third kappa shape index (κ3) is 5.59. The van der Waals surface area contributed by atoms with Crippen LogP contribution in [-0.4, -0.2) is 24.7 Å². The van der Waals surface area contributed by atoms with Gasteiger partial charge in [0.2, 0.25) is 0 Å². The molecule has 0 aliphatic carbocycles. The lowest BCUT2D eigenvalue weighted by molar-refractivity contribution is -0.908. The van der Waals surface area contributed by atoms with Crippen LogP contribution < -0.4 is 17.3 Å². The molecule has 1 saturated heterocycles. The van der Waals surface area contributed by atoms with Gasteiger partial charge in [-0.05, 0) is 52.9 Å². The van der Waals surface area contributed by atoms with Crippen molar-refractivity contribution in [2.75, 3.05) is 19.6 Å². The van der Waals surface area contributed by atoms with Gasteiger partial charge in [0.15, 0.2) is 0 Å². The number of likely N-dealkylation sites (tertiary alicyclic amines) is 1. The molecule has 3 aromatic carbocycles. The molecule has 0 aromatic heterocycles. The SMILES string of the molecule is N#CC(CCC[NH+]1CCC(O)(c2ccc(Cl)cc2)CC1)c1ccc2ccccc2c1.[Cl-]. The second-order valence-electron chi connectivity index (χ2n) is 8.47. The highest BCUT2D eigenvalue weighted by Crippen LogP contribution is 2.30. The topological polar surface area (TPSA) is 48.5 Å². The van der Waals surface area contributed by atoms with E-state index in [0.29, 0.717) is 5.02 Å². The molecule has 1 heterocycles. The third-order valence-corrected chi connectivity index (χ3v) is 6.77. The molecule has 4 rings (SSSR count). The number of quaternary nitrogens is 1. The molecule has 2 N–H and O–H groups in total. The minimum Gasteiger partial charge on any atom is -1.00 e. The van der Waals surface area contributed by atoms with Crippen LogP contribution in [0, 0.1) is 11.3 Å². The van der Waals surface area contributed by atoms with Gasteiger partial charge in [-0.25, -0.2) is 0 Å². The van der Waals surface area contributed by atoms with Gasteiger partial charge in [0, 0.05) is 17.9 Å². The van der Waals surface area contributed by atoms with E-state index in [1.165, 1.54) is 15.7 Å². The summed E-state index contributed by atoms with van der Waals surface area (Å²) in [6, 6.07) is 24.7. The van der Waals surface area contributed by atoms with Crippen molar-refractivity contribution < 1.29 is 22.4 Å². The van der Waals surface area contributed by atoms with Crippen LogP contribution in [-0.2, 0) is 5.60 Å². The van der Waals surface area contributed by atoms with Gasteiger partial charge in [-0.3, -0.25) is 0 Å². The predicted molar refractivity (Wildman–Crippen MR) is 122 cm³/mol. The number of fused-ring (bicyclic) bond motifs is 1. The van der Waals surface area contributed by atoms with Gasteiger partial charge in [0.1, 0.15) is 5.60 Å². The maximum Gasteiger partial charge on any atom is 0.100 e. The molecule has 1 atom stereocenters. The number of halogens is 2. The van der Waals surface area contributed by atoms with Crippen molar-refractivity contribution in [2.45, 2.75) is 37.2 Å². The first kappa shape index (κ1) is 23.6. The second kappa shape index (κ2) is 10.5. The zero-order chi connectivity index (χ0) is 21.0. The monoisotopic (exact) mass is 454 g/mol. The van der Waals surface area contributed by atoms with Crippen molar-refractivity contribution in [3.05, 3.63) is 82.9 Å². The highest BCUT2D eigenvalue weighted by molar-refractivity contribution is 6.30. The van der Waals surface area contributed by atoms with Crippen LogP contribution in [0.1, 0.15) is 42.7 Å². The molecule has 5 heteroatoms. The largest absolute Gasteiger partial charge is 1.00 e. The van der Waals surface area contributed by atoms with Crippen LogP contribution in [0.3, 0.4) is 0 Å². The Labute approximate surface area is 195 Å². The lowest BCUT2D eigenvalue weighted by Gasteiger charge is -2.36. The first-order valence-corrected chi connectivity index (χ1v) is 11.2. The Hall–Kier alpha value is -2.09. The summed E-state index contributed by atoms with van der Waals surface area (Å²) in [5.74, 6) is -0.0650. The molecule has 1 aliphatic heterocycles. The van der Waals surface area contributed by atoms with E-state index in [2.05, 4.69) is 36.4 Å². The number of rotatable bonds is 6. The highest BCUT2D eigenvalue weighted by atomic mass is 35.5. The summed E-state index contributed by atoms with van der Waals surface area (Å²) in [4.78, 5) is 1.52. The molecule has 0 radical (unpaired) electrons. The van der Waals surface area contributed by atoms with Crippen LogP contribution in [0.4, 0.5) is 0 Å². The fourth-order valence-corrected chi connectivity index (χ4v) is 4.73. The summed E-state index contributed by atoms with van der Waals surface area (Å²) < 4.78 is 0. The quantitative estimate of drug-likeness (QED) is 0.592. The van der Waals surface area contributed by atoms with E-state index in [0.717, 1.165) is 56.4 Å². The summed E-state index contributed by atoms with van der Waals surface area (Å²) in [6.07, 6.45) is 3.41. The number of benzene rings is 3. The molecular weight excluding hydrogens is 427 g/mol. The normalized spacial score (nSPS) is 21.8. The van der Waals surface area contributed by atoms with Crippen LogP contribution in [0.2, 0.25) is 5.02 Å². The molecule has 1 fully saturated rings. The van der Waals surface area contributed by atoms with Crippen LogP contribution in [0.25, 0.3) is 10.8 Å². The molecule has 0 saturated carbocycles. The maximum atomic E-state index is 11.0. The second-order valence-corrected chi connectivity index (χ2v) is 8.91. The molecule has 0 amide bonds. The zero-order valence-electron chi connectivity index (χ0n) is 17.5. The van der Waals surface area contributed by atoms with Crippen molar-refractivity contribution in [1.82, 2.24) is 0 Å². The molecule has 1 unspecified atom stereocenters. The summed E-state index contributed by atoms with van der Waals surface area (Å²) in [7, 11) is 0. The third-order valence-electron chi connectivity index (χ3n) is 6.52. The van der Waals surface area contributed by atoms with E-state index < -0.39 is 5.60 Å². The van der Waals surface area contributed by atoms with Crippen LogP contribution in [0.5, 0.6) is 0 Å². The Morgan fingerprint density at radius 1 is 1.00 bits per heavy atom. The fraction of sp³-hybridized carbons (Fsp3) is 0.346. The Balaban J connectivity index is 0.00000272.